The van der Waals surface area contributed by atoms with Gasteiger partial charge in [0, 0.05) is 9.75 Å². The lowest BCUT2D eigenvalue weighted by molar-refractivity contribution is 0.833. The fourth-order valence-electron chi connectivity index (χ4n) is 1.65. The number of hydrogen-bond acceptors (Lipinski definition) is 6. The van der Waals surface area contributed by atoms with E-state index in [1.807, 2.05) is 19.1 Å². The highest BCUT2D eigenvalue weighted by Crippen LogP contribution is 2.15. The summed E-state index contributed by atoms with van der Waals surface area (Å²) < 4.78 is 1.72. The van der Waals surface area contributed by atoms with Crippen molar-refractivity contribution in [2.75, 3.05) is 0 Å². The minimum atomic E-state index is -0.389. The normalized spacial score (nSPS) is 12.4. The number of rotatable bonds is 1. The molecule has 5 nitrogen and oxygen atoms in total. The van der Waals surface area contributed by atoms with Crippen molar-refractivity contribution < 1.29 is 0 Å². The molecule has 0 atom stereocenters. The molecule has 0 N–H and O–H groups in total. The Kier molecular flexibility index (Phi) is 2.79. The second kappa shape index (κ2) is 4.36. The lowest BCUT2D eigenvalue weighted by Crippen LogP contribution is -2.26. The predicted octanol–water partition coefficient (Wildman–Crippen LogP) is 0.737. The van der Waals surface area contributed by atoms with Crippen LogP contribution in [0.2, 0.25) is 0 Å². The van der Waals surface area contributed by atoms with E-state index in [9.17, 15) is 9.59 Å². The molecule has 96 valence electrons. The number of thiophene rings is 1. The standard InChI is InChI=1S/C12H9N3O2S2/c1-6-3-4-8(18-6)5-9-11(17)15-12(19-9)13-10(16)7(2)14-15/h3-5H,1-2H3/b9-5-. The van der Waals surface area contributed by atoms with Gasteiger partial charge in [-0.1, -0.05) is 11.3 Å². The van der Waals surface area contributed by atoms with Gasteiger partial charge in [-0.3, -0.25) is 9.59 Å². The molecule has 3 rings (SSSR count). The van der Waals surface area contributed by atoms with E-state index in [1.54, 1.807) is 24.3 Å². The van der Waals surface area contributed by atoms with Gasteiger partial charge in [0.05, 0.1) is 4.53 Å². The maximum absolute atomic E-state index is 12.1. The average molecular weight is 291 g/mol. The number of hydrogen-bond donors (Lipinski definition) is 0. The third-order valence-corrected chi connectivity index (χ3v) is 4.48. The maximum Gasteiger partial charge on any atom is 0.295 e. The molecule has 3 heterocycles. The smallest absolute Gasteiger partial charge is 0.266 e. The van der Waals surface area contributed by atoms with Crippen molar-refractivity contribution in [2.45, 2.75) is 13.8 Å². The quantitative estimate of drug-likeness (QED) is 0.663. The SMILES string of the molecule is Cc1ccc(/C=c2\sc3nc(=O)c(C)nn3c2=O)s1. The van der Waals surface area contributed by atoms with Gasteiger partial charge in [0.25, 0.3) is 11.1 Å². The largest absolute Gasteiger partial charge is 0.295 e. The number of nitrogens with zero attached hydrogens (tertiary/aromatic N) is 3. The fourth-order valence-corrected chi connectivity index (χ4v) is 3.44. The van der Waals surface area contributed by atoms with E-state index in [-0.39, 0.29) is 16.8 Å². The summed E-state index contributed by atoms with van der Waals surface area (Å²) in [5.41, 5.74) is -0.396. The van der Waals surface area contributed by atoms with Crippen molar-refractivity contribution in [3.05, 3.63) is 52.8 Å². The highest BCUT2D eigenvalue weighted by Gasteiger charge is 2.08. The van der Waals surface area contributed by atoms with Crippen LogP contribution < -0.4 is 15.7 Å². The van der Waals surface area contributed by atoms with Gasteiger partial charge in [-0.25, -0.2) is 0 Å². The van der Waals surface area contributed by atoms with E-state index >= 15 is 0 Å². The van der Waals surface area contributed by atoms with Crippen molar-refractivity contribution in [2.24, 2.45) is 0 Å². The number of fused-ring (bicyclic) bond motifs is 1. The second-order valence-electron chi connectivity index (χ2n) is 4.06. The van der Waals surface area contributed by atoms with Gasteiger partial charge in [0.2, 0.25) is 4.96 Å². The Balaban J connectivity index is 2.31. The van der Waals surface area contributed by atoms with Crippen molar-refractivity contribution in [1.82, 2.24) is 14.6 Å². The van der Waals surface area contributed by atoms with Crippen molar-refractivity contribution in [3.8, 4) is 0 Å². The van der Waals surface area contributed by atoms with Gasteiger partial charge >= 0.3 is 0 Å². The first kappa shape index (κ1) is 12.2. The Bertz CT molecular complexity index is 936. The summed E-state index contributed by atoms with van der Waals surface area (Å²) in [5.74, 6) is 0. The van der Waals surface area contributed by atoms with Crippen LogP contribution in [0.1, 0.15) is 15.4 Å². The van der Waals surface area contributed by atoms with Crippen LogP contribution in [0.5, 0.6) is 0 Å². The first-order chi connectivity index (χ1) is 9.04. The van der Waals surface area contributed by atoms with E-state index in [4.69, 9.17) is 0 Å². The molecular weight excluding hydrogens is 282 g/mol. The molecular formula is C12H9N3O2S2. The molecule has 0 unspecified atom stereocenters. The molecule has 3 aromatic heterocycles. The molecule has 19 heavy (non-hydrogen) atoms. The van der Waals surface area contributed by atoms with E-state index in [2.05, 4.69) is 10.1 Å². The van der Waals surface area contributed by atoms with Crippen molar-refractivity contribution in [1.29, 1.82) is 0 Å². The Morgan fingerprint density at radius 3 is 2.68 bits per heavy atom. The summed E-state index contributed by atoms with van der Waals surface area (Å²) in [6.45, 7) is 3.56. The lowest BCUT2D eigenvalue weighted by Gasteiger charge is -1.89. The Labute approximate surface area is 115 Å². The third-order valence-electron chi connectivity index (χ3n) is 2.58. The Hall–Kier alpha value is -1.86. The van der Waals surface area contributed by atoms with Crippen LogP contribution in [0, 0.1) is 13.8 Å². The second-order valence-corrected chi connectivity index (χ2v) is 6.39. The van der Waals surface area contributed by atoms with Crippen LogP contribution in [-0.2, 0) is 0 Å². The van der Waals surface area contributed by atoms with Crippen LogP contribution in [0.4, 0.5) is 0 Å². The summed E-state index contributed by atoms with van der Waals surface area (Å²) >= 11 is 2.79. The molecule has 0 aliphatic heterocycles. The zero-order chi connectivity index (χ0) is 13.6. The molecule has 0 aliphatic carbocycles. The van der Waals surface area contributed by atoms with Gasteiger partial charge in [-0.2, -0.15) is 14.6 Å². The summed E-state index contributed by atoms with van der Waals surface area (Å²) in [7, 11) is 0. The van der Waals surface area contributed by atoms with Gasteiger partial charge in [0.15, 0.2) is 0 Å². The summed E-state index contributed by atoms with van der Waals surface area (Å²) in [5, 5.41) is 3.97. The lowest BCUT2D eigenvalue weighted by atomic mass is 10.4. The zero-order valence-electron chi connectivity index (χ0n) is 10.2. The molecule has 7 heteroatoms. The number of thiazole rings is 1. The first-order valence-corrected chi connectivity index (χ1v) is 7.16. The molecule has 3 aromatic rings. The fraction of sp³-hybridized carbons (Fsp3) is 0.167. The number of aryl methyl sites for hydroxylation is 2. The monoisotopic (exact) mass is 291 g/mol. The van der Waals surface area contributed by atoms with Gasteiger partial charge < -0.3 is 0 Å². The van der Waals surface area contributed by atoms with Crippen LogP contribution in [-0.4, -0.2) is 14.6 Å². The molecule has 0 spiro atoms. The van der Waals surface area contributed by atoms with Crippen LogP contribution in [0.15, 0.2) is 21.7 Å². The highest BCUT2D eigenvalue weighted by atomic mass is 32.1. The molecule has 0 bridgehead atoms. The topological polar surface area (TPSA) is 64.3 Å². The Morgan fingerprint density at radius 1 is 1.21 bits per heavy atom. The van der Waals surface area contributed by atoms with Gasteiger partial charge in [-0.15, -0.1) is 11.3 Å². The van der Waals surface area contributed by atoms with E-state index < -0.39 is 0 Å². The minimum absolute atomic E-state index is 0.228. The molecule has 0 fully saturated rings. The van der Waals surface area contributed by atoms with Crippen molar-refractivity contribution >= 4 is 33.7 Å². The first-order valence-electron chi connectivity index (χ1n) is 5.53. The summed E-state index contributed by atoms with van der Waals surface area (Å²) in [6, 6.07) is 3.96. The Morgan fingerprint density at radius 2 is 2.00 bits per heavy atom. The van der Waals surface area contributed by atoms with E-state index in [1.165, 1.54) is 20.7 Å². The minimum Gasteiger partial charge on any atom is -0.266 e. The van der Waals surface area contributed by atoms with Crippen LogP contribution in [0.3, 0.4) is 0 Å². The highest BCUT2D eigenvalue weighted by molar-refractivity contribution is 7.15. The summed E-state index contributed by atoms with van der Waals surface area (Å²) in [6.07, 6.45) is 1.81. The average Bonchev–Trinajstić information content (AvgIpc) is 2.88. The maximum atomic E-state index is 12.1. The molecule has 0 aliphatic rings. The van der Waals surface area contributed by atoms with Crippen LogP contribution in [0.25, 0.3) is 11.0 Å². The molecule has 0 amide bonds. The van der Waals surface area contributed by atoms with E-state index in [0.717, 1.165) is 4.88 Å². The van der Waals surface area contributed by atoms with E-state index in [0.29, 0.717) is 9.49 Å². The van der Waals surface area contributed by atoms with Gasteiger partial charge in [-0.05, 0) is 32.1 Å². The van der Waals surface area contributed by atoms with Crippen LogP contribution >= 0.6 is 22.7 Å². The molecule has 0 radical (unpaired) electrons. The zero-order valence-corrected chi connectivity index (χ0v) is 11.8. The van der Waals surface area contributed by atoms with Crippen molar-refractivity contribution in [3.63, 3.8) is 0 Å². The van der Waals surface area contributed by atoms with Gasteiger partial charge in [0.1, 0.15) is 5.69 Å². The molecule has 0 saturated heterocycles. The molecule has 0 aromatic carbocycles. The number of aromatic nitrogens is 3. The third kappa shape index (κ3) is 2.11. The molecule has 0 saturated carbocycles. The predicted molar refractivity (Wildman–Crippen MR) is 76.0 cm³/mol. The summed E-state index contributed by atoms with van der Waals surface area (Å²) in [4.78, 5) is 29.9.